The third kappa shape index (κ3) is 2.57. The van der Waals surface area contributed by atoms with Gasteiger partial charge in [-0.25, -0.2) is 4.98 Å². The van der Waals surface area contributed by atoms with Gasteiger partial charge in [-0.3, -0.25) is 4.79 Å². The van der Waals surface area contributed by atoms with Crippen molar-refractivity contribution in [3.63, 3.8) is 0 Å². The van der Waals surface area contributed by atoms with Crippen LogP contribution in [0.5, 0.6) is 0 Å². The maximum Gasteiger partial charge on any atom is 0.312 e. The van der Waals surface area contributed by atoms with E-state index in [1.165, 1.54) is 11.3 Å². The van der Waals surface area contributed by atoms with Crippen molar-refractivity contribution in [2.45, 2.75) is 20.3 Å². The molecule has 0 fully saturated rings. The van der Waals surface area contributed by atoms with Crippen LogP contribution in [0.1, 0.15) is 22.5 Å². The summed E-state index contributed by atoms with van der Waals surface area (Å²) in [5, 5.41) is 0.717. The zero-order chi connectivity index (χ0) is 10.6. The summed E-state index contributed by atoms with van der Waals surface area (Å²) in [5.74, 6) is 2.21. The Labute approximate surface area is 87.1 Å². The molecule has 0 unspecified atom stereocenters. The van der Waals surface area contributed by atoms with Crippen molar-refractivity contribution < 1.29 is 9.53 Å². The molecule has 0 aliphatic heterocycles. The highest BCUT2D eigenvalue weighted by molar-refractivity contribution is 7.11. The molecular formula is C10H11NO2S. The van der Waals surface area contributed by atoms with Crippen molar-refractivity contribution in [2.75, 3.05) is 6.61 Å². The molecule has 1 aromatic heterocycles. The molecule has 1 heterocycles. The summed E-state index contributed by atoms with van der Waals surface area (Å²) in [6.07, 6.45) is 5.44. The van der Waals surface area contributed by atoms with Gasteiger partial charge >= 0.3 is 5.97 Å². The molecule has 0 aliphatic rings. The Kier molecular flexibility index (Phi) is 3.66. The van der Waals surface area contributed by atoms with Crippen LogP contribution in [-0.4, -0.2) is 17.6 Å². The van der Waals surface area contributed by atoms with E-state index in [4.69, 9.17) is 11.2 Å². The minimum absolute atomic E-state index is 0.209. The highest BCUT2D eigenvalue weighted by Gasteiger charge is 2.10. The molecule has 0 saturated heterocycles. The number of thiazole rings is 1. The summed E-state index contributed by atoms with van der Waals surface area (Å²) in [7, 11) is 0. The number of esters is 1. The molecular weight excluding hydrogens is 198 g/mol. The van der Waals surface area contributed by atoms with Gasteiger partial charge in [0.05, 0.1) is 13.0 Å². The topological polar surface area (TPSA) is 39.2 Å². The maximum atomic E-state index is 11.1. The Morgan fingerprint density at radius 3 is 2.93 bits per heavy atom. The van der Waals surface area contributed by atoms with Crippen LogP contribution in [0, 0.1) is 19.3 Å². The van der Waals surface area contributed by atoms with Gasteiger partial charge in [0.15, 0.2) is 0 Å². The molecule has 0 aromatic carbocycles. The van der Waals surface area contributed by atoms with Crippen LogP contribution in [0.2, 0.25) is 0 Å². The summed E-state index contributed by atoms with van der Waals surface area (Å²) < 4.78 is 4.80. The van der Waals surface area contributed by atoms with E-state index in [0.29, 0.717) is 17.3 Å². The Hall–Kier alpha value is -1.34. The minimum Gasteiger partial charge on any atom is -0.466 e. The van der Waals surface area contributed by atoms with E-state index in [9.17, 15) is 4.79 Å². The predicted octanol–water partition coefficient (Wildman–Crippen LogP) is 1.54. The lowest BCUT2D eigenvalue weighted by Crippen LogP contribution is -2.07. The zero-order valence-electron chi connectivity index (χ0n) is 8.16. The van der Waals surface area contributed by atoms with Gasteiger partial charge in [0.2, 0.25) is 0 Å². The maximum absolute atomic E-state index is 11.1. The van der Waals surface area contributed by atoms with Crippen molar-refractivity contribution in [3.05, 3.63) is 15.6 Å². The van der Waals surface area contributed by atoms with Crippen LogP contribution in [0.4, 0.5) is 0 Å². The van der Waals surface area contributed by atoms with E-state index in [1.54, 1.807) is 6.92 Å². The largest absolute Gasteiger partial charge is 0.466 e. The number of nitrogens with zero attached hydrogens (tertiary/aromatic N) is 1. The first-order valence-corrected chi connectivity index (χ1v) is 5.07. The number of hydrogen-bond acceptors (Lipinski definition) is 4. The number of rotatable bonds is 3. The third-order valence-corrected chi connectivity index (χ3v) is 2.55. The second-order valence-corrected chi connectivity index (χ2v) is 3.93. The van der Waals surface area contributed by atoms with E-state index >= 15 is 0 Å². The van der Waals surface area contributed by atoms with Crippen molar-refractivity contribution in [3.8, 4) is 12.3 Å². The Balaban J connectivity index is 2.69. The molecule has 0 spiro atoms. The molecule has 3 nitrogen and oxygen atoms in total. The molecule has 74 valence electrons. The van der Waals surface area contributed by atoms with Crippen LogP contribution in [0.25, 0.3) is 0 Å². The van der Waals surface area contributed by atoms with Gasteiger partial charge in [-0.15, -0.1) is 17.8 Å². The molecule has 0 aliphatic carbocycles. The van der Waals surface area contributed by atoms with Crippen LogP contribution in [-0.2, 0) is 16.0 Å². The molecule has 1 aromatic rings. The molecule has 0 atom stereocenters. The van der Waals surface area contributed by atoms with Crippen LogP contribution >= 0.6 is 11.3 Å². The quantitative estimate of drug-likeness (QED) is 0.560. The van der Waals surface area contributed by atoms with Gasteiger partial charge in [0, 0.05) is 4.88 Å². The lowest BCUT2D eigenvalue weighted by molar-refractivity contribution is -0.142. The van der Waals surface area contributed by atoms with Crippen LogP contribution < -0.4 is 0 Å². The first-order valence-electron chi connectivity index (χ1n) is 4.26. The van der Waals surface area contributed by atoms with Crippen molar-refractivity contribution in [1.82, 2.24) is 4.98 Å². The number of carbonyl (C=O) groups excluding carboxylic acids is 1. The lowest BCUT2D eigenvalue weighted by atomic mass is 10.4. The number of carbonyl (C=O) groups is 1. The second kappa shape index (κ2) is 4.77. The van der Waals surface area contributed by atoms with E-state index < -0.39 is 0 Å². The molecule has 0 saturated carbocycles. The number of aromatic nitrogens is 1. The van der Waals surface area contributed by atoms with Gasteiger partial charge in [0.25, 0.3) is 0 Å². The van der Waals surface area contributed by atoms with E-state index in [-0.39, 0.29) is 12.4 Å². The van der Waals surface area contributed by atoms with Gasteiger partial charge in [-0.05, 0) is 19.8 Å². The van der Waals surface area contributed by atoms with Crippen molar-refractivity contribution in [2.24, 2.45) is 0 Å². The number of hydrogen-bond donors (Lipinski definition) is 0. The predicted molar refractivity (Wildman–Crippen MR) is 55.1 cm³/mol. The summed E-state index contributed by atoms with van der Waals surface area (Å²) in [4.78, 5) is 16.2. The number of aryl methyl sites for hydroxylation is 1. The standard InChI is InChI=1S/C10H11NO2S/c1-4-8-7(3)14-9(11-8)6-10(12)13-5-2/h1H,5-6H2,2-3H3. The molecule has 0 amide bonds. The first kappa shape index (κ1) is 10.7. The normalized spacial score (nSPS) is 9.50. The molecule has 14 heavy (non-hydrogen) atoms. The Morgan fingerprint density at radius 2 is 2.43 bits per heavy atom. The fourth-order valence-electron chi connectivity index (χ4n) is 0.996. The fourth-order valence-corrected chi connectivity index (χ4v) is 1.88. The highest BCUT2D eigenvalue weighted by atomic mass is 32.1. The van der Waals surface area contributed by atoms with Gasteiger partial charge < -0.3 is 4.74 Å². The van der Waals surface area contributed by atoms with E-state index in [2.05, 4.69) is 10.9 Å². The summed E-state index contributed by atoms with van der Waals surface area (Å²) in [5.41, 5.74) is 0.620. The Bertz CT molecular complexity index is 376. The van der Waals surface area contributed by atoms with Crippen molar-refractivity contribution in [1.29, 1.82) is 0 Å². The SMILES string of the molecule is C#Cc1nc(CC(=O)OCC)sc1C. The molecule has 0 radical (unpaired) electrons. The zero-order valence-corrected chi connectivity index (χ0v) is 8.98. The fraction of sp³-hybridized carbons (Fsp3) is 0.400. The van der Waals surface area contributed by atoms with Gasteiger partial charge in [-0.2, -0.15) is 0 Å². The average molecular weight is 209 g/mol. The first-order chi connectivity index (χ1) is 6.67. The lowest BCUT2D eigenvalue weighted by Gasteiger charge is -1.97. The Morgan fingerprint density at radius 1 is 1.71 bits per heavy atom. The van der Waals surface area contributed by atoms with Crippen LogP contribution in [0.15, 0.2) is 0 Å². The van der Waals surface area contributed by atoms with Gasteiger partial charge in [0.1, 0.15) is 10.7 Å². The minimum atomic E-state index is -0.259. The summed E-state index contributed by atoms with van der Waals surface area (Å²) >= 11 is 1.44. The monoisotopic (exact) mass is 209 g/mol. The number of terminal acetylenes is 1. The molecule has 4 heteroatoms. The summed E-state index contributed by atoms with van der Waals surface area (Å²) in [6, 6.07) is 0. The highest BCUT2D eigenvalue weighted by Crippen LogP contribution is 2.17. The van der Waals surface area contributed by atoms with E-state index in [0.717, 1.165) is 4.88 Å². The second-order valence-electron chi connectivity index (χ2n) is 2.64. The van der Waals surface area contributed by atoms with Crippen LogP contribution in [0.3, 0.4) is 0 Å². The summed E-state index contributed by atoms with van der Waals surface area (Å²) in [6.45, 7) is 4.06. The third-order valence-electron chi connectivity index (χ3n) is 1.58. The van der Waals surface area contributed by atoms with E-state index in [1.807, 2.05) is 6.92 Å². The van der Waals surface area contributed by atoms with Gasteiger partial charge in [-0.1, -0.05) is 0 Å². The molecule has 0 bridgehead atoms. The van der Waals surface area contributed by atoms with Crippen molar-refractivity contribution >= 4 is 17.3 Å². The molecule has 0 N–H and O–H groups in total. The average Bonchev–Trinajstić information content (AvgIpc) is 2.46. The number of ether oxygens (including phenoxy) is 1. The molecule has 1 rings (SSSR count). The smallest absolute Gasteiger partial charge is 0.312 e.